The second-order valence-electron chi connectivity index (χ2n) is 4.96. The van der Waals surface area contributed by atoms with Gasteiger partial charge in [-0.15, -0.1) is 0 Å². The standard InChI is InChI=1S/C12H24N2O4/c1-5-6-9(7-18-4)14-11(17)13-8-12(2,3)10(15)16/h9H,5-8H2,1-4H3,(H,15,16)(H2,13,14,17). The van der Waals surface area contributed by atoms with Crippen molar-refractivity contribution < 1.29 is 19.4 Å². The molecule has 106 valence electrons. The summed E-state index contributed by atoms with van der Waals surface area (Å²) in [6, 6.07) is -0.409. The lowest BCUT2D eigenvalue weighted by atomic mass is 9.94. The predicted molar refractivity (Wildman–Crippen MR) is 68.5 cm³/mol. The molecule has 0 aliphatic carbocycles. The van der Waals surface area contributed by atoms with Crippen molar-refractivity contribution in [3.8, 4) is 0 Å². The highest BCUT2D eigenvalue weighted by Crippen LogP contribution is 2.12. The van der Waals surface area contributed by atoms with E-state index in [1.165, 1.54) is 0 Å². The van der Waals surface area contributed by atoms with E-state index in [1.54, 1.807) is 21.0 Å². The molecule has 0 aliphatic rings. The highest BCUT2D eigenvalue weighted by Gasteiger charge is 2.27. The molecule has 0 aromatic rings. The van der Waals surface area contributed by atoms with Crippen molar-refractivity contribution in [2.45, 2.75) is 39.7 Å². The van der Waals surface area contributed by atoms with E-state index >= 15 is 0 Å². The summed E-state index contributed by atoms with van der Waals surface area (Å²) in [6.07, 6.45) is 1.76. The van der Waals surface area contributed by atoms with Gasteiger partial charge in [-0.05, 0) is 20.3 Å². The van der Waals surface area contributed by atoms with E-state index in [1.807, 2.05) is 6.92 Å². The fourth-order valence-electron chi connectivity index (χ4n) is 1.36. The Morgan fingerprint density at radius 2 is 2.00 bits per heavy atom. The van der Waals surface area contributed by atoms with E-state index < -0.39 is 11.4 Å². The fourth-order valence-corrected chi connectivity index (χ4v) is 1.36. The van der Waals surface area contributed by atoms with E-state index in [4.69, 9.17) is 9.84 Å². The Morgan fingerprint density at radius 3 is 2.44 bits per heavy atom. The number of carbonyl (C=O) groups excluding carboxylic acids is 1. The van der Waals surface area contributed by atoms with Gasteiger partial charge < -0.3 is 20.5 Å². The molecule has 6 nitrogen and oxygen atoms in total. The number of hydrogen-bond acceptors (Lipinski definition) is 3. The van der Waals surface area contributed by atoms with Gasteiger partial charge in [0.25, 0.3) is 0 Å². The van der Waals surface area contributed by atoms with Crippen molar-refractivity contribution in [2.75, 3.05) is 20.3 Å². The van der Waals surface area contributed by atoms with E-state index in [-0.39, 0.29) is 18.6 Å². The summed E-state index contributed by atoms with van der Waals surface area (Å²) in [7, 11) is 1.58. The summed E-state index contributed by atoms with van der Waals surface area (Å²) in [4.78, 5) is 22.5. The molecular weight excluding hydrogens is 236 g/mol. The van der Waals surface area contributed by atoms with Gasteiger partial charge >= 0.3 is 12.0 Å². The van der Waals surface area contributed by atoms with Crippen molar-refractivity contribution in [2.24, 2.45) is 5.41 Å². The van der Waals surface area contributed by atoms with Crippen molar-refractivity contribution in [3.05, 3.63) is 0 Å². The zero-order chi connectivity index (χ0) is 14.2. The van der Waals surface area contributed by atoms with Crippen LogP contribution in [0.5, 0.6) is 0 Å². The SMILES string of the molecule is CCCC(COC)NC(=O)NCC(C)(C)C(=O)O. The molecule has 3 N–H and O–H groups in total. The number of nitrogens with one attached hydrogen (secondary N) is 2. The third kappa shape index (κ3) is 6.44. The average molecular weight is 260 g/mol. The van der Waals surface area contributed by atoms with Crippen LogP contribution in [-0.2, 0) is 9.53 Å². The Hall–Kier alpha value is -1.30. The van der Waals surface area contributed by atoms with Crippen LogP contribution in [-0.4, -0.2) is 43.4 Å². The van der Waals surface area contributed by atoms with Crippen LogP contribution in [0, 0.1) is 5.41 Å². The van der Waals surface area contributed by atoms with E-state index in [0.29, 0.717) is 6.61 Å². The summed E-state index contributed by atoms with van der Waals surface area (Å²) in [5, 5.41) is 14.2. The lowest BCUT2D eigenvalue weighted by Crippen LogP contribution is -2.47. The first-order chi connectivity index (χ1) is 8.33. The summed E-state index contributed by atoms with van der Waals surface area (Å²) >= 11 is 0. The second kappa shape index (κ2) is 7.92. The van der Waals surface area contributed by atoms with Gasteiger partial charge in [-0.25, -0.2) is 4.79 Å². The van der Waals surface area contributed by atoms with E-state index in [0.717, 1.165) is 12.8 Å². The minimum Gasteiger partial charge on any atom is -0.481 e. The number of methoxy groups -OCH3 is 1. The van der Waals surface area contributed by atoms with Crippen LogP contribution in [0.3, 0.4) is 0 Å². The summed E-state index contributed by atoms with van der Waals surface area (Å²) in [5.74, 6) is -0.940. The van der Waals surface area contributed by atoms with Gasteiger partial charge in [0.15, 0.2) is 0 Å². The van der Waals surface area contributed by atoms with Crippen molar-refractivity contribution in [3.63, 3.8) is 0 Å². The number of amides is 2. The Labute approximate surface area is 108 Å². The smallest absolute Gasteiger partial charge is 0.315 e. The third-order valence-corrected chi connectivity index (χ3v) is 2.61. The number of aliphatic carboxylic acids is 1. The van der Waals surface area contributed by atoms with Crippen molar-refractivity contribution >= 4 is 12.0 Å². The molecular formula is C12H24N2O4. The Balaban J connectivity index is 4.12. The lowest BCUT2D eigenvalue weighted by Gasteiger charge is -2.22. The van der Waals surface area contributed by atoms with Crippen LogP contribution in [0.4, 0.5) is 4.79 Å². The van der Waals surface area contributed by atoms with E-state index in [2.05, 4.69) is 10.6 Å². The molecule has 0 radical (unpaired) electrons. The summed E-state index contributed by atoms with van der Waals surface area (Å²) < 4.78 is 5.00. The van der Waals surface area contributed by atoms with Crippen LogP contribution >= 0.6 is 0 Å². The first-order valence-electron chi connectivity index (χ1n) is 6.10. The maximum absolute atomic E-state index is 11.6. The molecule has 0 rings (SSSR count). The third-order valence-electron chi connectivity index (χ3n) is 2.61. The number of rotatable bonds is 8. The molecule has 6 heteroatoms. The Kier molecular flexibility index (Phi) is 7.35. The van der Waals surface area contributed by atoms with Crippen LogP contribution in [0.15, 0.2) is 0 Å². The minimum absolute atomic E-state index is 0.0482. The van der Waals surface area contributed by atoms with Gasteiger partial charge in [0.2, 0.25) is 0 Å². The normalized spacial score (nSPS) is 12.9. The molecule has 1 atom stereocenters. The number of ether oxygens (including phenoxy) is 1. The number of urea groups is 1. The van der Waals surface area contributed by atoms with Gasteiger partial charge in [0.05, 0.1) is 18.1 Å². The lowest BCUT2D eigenvalue weighted by molar-refractivity contribution is -0.146. The number of carbonyl (C=O) groups is 2. The van der Waals surface area contributed by atoms with Crippen LogP contribution in [0.25, 0.3) is 0 Å². The van der Waals surface area contributed by atoms with Crippen LogP contribution < -0.4 is 10.6 Å². The summed E-state index contributed by atoms with van der Waals surface area (Å²) in [5.41, 5.74) is -0.973. The molecule has 18 heavy (non-hydrogen) atoms. The first kappa shape index (κ1) is 16.7. The fraction of sp³-hybridized carbons (Fsp3) is 0.833. The minimum atomic E-state index is -0.973. The summed E-state index contributed by atoms with van der Waals surface area (Å²) in [6.45, 7) is 5.68. The van der Waals surface area contributed by atoms with Crippen LogP contribution in [0.1, 0.15) is 33.6 Å². The van der Waals surface area contributed by atoms with Crippen molar-refractivity contribution in [1.29, 1.82) is 0 Å². The Morgan fingerprint density at radius 1 is 1.39 bits per heavy atom. The Bertz CT molecular complexity index is 273. The molecule has 0 aliphatic heterocycles. The van der Waals surface area contributed by atoms with Gasteiger partial charge in [0, 0.05) is 13.7 Å². The predicted octanol–water partition coefficient (Wildman–Crippen LogP) is 1.21. The van der Waals surface area contributed by atoms with E-state index in [9.17, 15) is 9.59 Å². The molecule has 0 saturated heterocycles. The molecule has 0 aromatic heterocycles. The van der Waals surface area contributed by atoms with Crippen LogP contribution in [0.2, 0.25) is 0 Å². The van der Waals surface area contributed by atoms with Crippen molar-refractivity contribution in [1.82, 2.24) is 10.6 Å². The molecule has 0 spiro atoms. The number of hydrogen-bond donors (Lipinski definition) is 3. The molecule has 0 aromatic carbocycles. The zero-order valence-corrected chi connectivity index (χ0v) is 11.6. The second-order valence-corrected chi connectivity index (χ2v) is 4.96. The molecule has 0 saturated carbocycles. The highest BCUT2D eigenvalue weighted by molar-refractivity contribution is 5.77. The molecule has 1 unspecified atom stereocenters. The molecule has 0 bridgehead atoms. The average Bonchev–Trinajstić information content (AvgIpc) is 2.27. The topological polar surface area (TPSA) is 87.7 Å². The number of carboxylic acid groups (broad SMARTS) is 1. The molecule has 2 amide bonds. The maximum atomic E-state index is 11.6. The monoisotopic (exact) mass is 260 g/mol. The van der Waals surface area contributed by atoms with Gasteiger partial charge in [-0.3, -0.25) is 4.79 Å². The van der Waals surface area contributed by atoms with Gasteiger partial charge in [0.1, 0.15) is 0 Å². The maximum Gasteiger partial charge on any atom is 0.315 e. The zero-order valence-electron chi connectivity index (χ0n) is 11.6. The van der Waals surface area contributed by atoms with Gasteiger partial charge in [-0.1, -0.05) is 13.3 Å². The molecule has 0 heterocycles. The van der Waals surface area contributed by atoms with Gasteiger partial charge in [-0.2, -0.15) is 0 Å². The molecule has 0 fully saturated rings. The first-order valence-corrected chi connectivity index (χ1v) is 6.10. The highest BCUT2D eigenvalue weighted by atomic mass is 16.5. The number of carboxylic acids is 1. The largest absolute Gasteiger partial charge is 0.481 e. The quantitative estimate of drug-likeness (QED) is 0.612.